The van der Waals surface area contributed by atoms with E-state index in [9.17, 15) is 26.3 Å². The Bertz CT molecular complexity index is 1100. The van der Waals surface area contributed by atoms with Crippen LogP contribution in [0.2, 0.25) is 0 Å². The summed E-state index contributed by atoms with van der Waals surface area (Å²) in [5.74, 6) is 1.19. The summed E-state index contributed by atoms with van der Waals surface area (Å²) in [7, 11) is 0. The molecule has 0 N–H and O–H groups in total. The number of halogens is 7. The lowest BCUT2D eigenvalue weighted by Crippen LogP contribution is -2.53. The van der Waals surface area contributed by atoms with Crippen molar-refractivity contribution in [1.29, 1.82) is 0 Å². The Morgan fingerprint density at radius 3 is 1.48 bits per heavy atom. The molecule has 0 bridgehead atoms. The first-order valence-electron chi connectivity index (χ1n) is 14.3. The molecule has 4 heterocycles. The predicted molar refractivity (Wildman–Crippen MR) is 151 cm³/mol. The van der Waals surface area contributed by atoms with Gasteiger partial charge in [-0.15, -0.1) is 12.4 Å². The van der Waals surface area contributed by atoms with E-state index >= 15 is 0 Å². The zero-order chi connectivity index (χ0) is 31.4. The topological polar surface area (TPSA) is 85.7 Å². The third-order valence-corrected chi connectivity index (χ3v) is 7.29. The summed E-state index contributed by atoms with van der Waals surface area (Å²) in [6.45, 7) is 6.51. The standard InChI is InChI=1S/C28H38F6N6O3.ClH/c1-17(2)25-35-7-5-19(37-25)21-13-39(9-11-41-21)15-23(27(29,30)31)43-24(28(32,33)34)16-40-10-12-42-22(14-40)20-6-8-36-26(38-20)18(3)4;/h5-8,17-18,21-24H,9-16H2,1-4H3;1H/t21-,22-,23-,24-;/m0./s1. The minimum Gasteiger partial charge on any atom is -0.369 e. The third-order valence-electron chi connectivity index (χ3n) is 7.29. The van der Waals surface area contributed by atoms with Crippen molar-refractivity contribution in [3.8, 4) is 0 Å². The number of hydrogen-bond donors (Lipinski definition) is 0. The molecule has 2 aliphatic rings. The number of rotatable bonds is 10. The summed E-state index contributed by atoms with van der Waals surface area (Å²) in [6, 6.07) is 3.25. The van der Waals surface area contributed by atoms with Crippen LogP contribution >= 0.6 is 12.4 Å². The summed E-state index contributed by atoms with van der Waals surface area (Å²) in [5, 5.41) is 0. The molecular weight excluding hydrogens is 618 g/mol. The molecule has 16 heteroatoms. The molecule has 2 aromatic rings. The van der Waals surface area contributed by atoms with Gasteiger partial charge < -0.3 is 14.2 Å². The maximum absolute atomic E-state index is 14.1. The van der Waals surface area contributed by atoms with E-state index in [2.05, 4.69) is 19.9 Å². The molecule has 4 atom stereocenters. The second-order valence-corrected chi connectivity index (χ2v) is 11.4. The van der Waals surface area contributed by atoms with Gasteiger partial charge in [0.2, 0.25) is 0 Å². The molecule has 0 unspecified atom stereocenters. The summed E-state index contributed by atoms with van der Waals surface area (Å²) in [5.41, 5.74) is 1.01. The SMILES string of the molecule is CC(C)c1nccc([C@@H]2CN(C[C@H](O[C@@H](CN3CCO[C@H](c4ccnc(C(C)C)n4)C3)C(F)(F)F)C(F)(F)F)CCO2)n1.Cl. The Hall–Kier alpha value is -2.17. The van der Waals surface area contributed by atoms with E-state index in [1.807, 2.05) is 27.7 Å². The summed E-state index contributed by atoms with van der Waals surface area (Å²) >= 11 is 0. The highest BCUT2D eigenvalue weighted by Gasteiger charge is 2.50. The van der Waals surface area contributed by atoms with Crippen molar-refractivity contribution in [2.24, 2.45) is 0 Å². The number of alkyl halides is 6. The van der Waals surface area contributed by atoms with E-state index in [0.29, 0.717) is 23.0 Å². The van der Waals surface area contributed by atoms with Gasteiger partial charge in [0, 0.05) is 63.5 Å². The first-order chi connectivity index (χ1) is 20.2. The van der Waals surface area contributed by atoms with E-state index in [1.165, 1.54) is 9.80 Å². The minimum absolute atomic E-state index is 0. The maximum atomic E-state index is 14.1. The van der Waals surface area contributed by atoms with E-state index in [1.54, 1.807) is 24.5 Å². The number of ether oxygens (including phenoxy) is 3. The van der Waals surface area contributed by atoms with Crippen molar-refractivity contribution < 1.29 is 40.6 Å². The fraction of sp³-hybridized carbons (Fsp3) is 0.714. The number of aromatic nitrogens is 4. The van der Waals surface area contributed by atoms with Gasteiger partial charge >= 0.3 is 12.4 Å². The van der Waals surface area contributed by atoms with Crippen LogP contribution in [0.15, 0.2) is 24.5 Å². The van der Waals surface area contributed by atoms with Crippen molar-refractivity contribution in [2.45, 2.75) is 76.3 Å². The second kappa shape index (κ2) is 15.4. The van der Waals surface area contributed by atoms with Crippen LogP contribution < -0.4 is 0 Å². The van der Waals surface area contributed by atoms with Crippen LogP contribution in [0.4, 0.5) is 26.3 Å². The van der Waals surface area contributed by atoms with Gasteiger partial charge in [-0.3, -0.25) is 9.80 Å². The lowest BCUT2D eigenvalue weighted by Gasteiger charge is -2.38. The Morgan fingerprint density at radius 1 is 0.750 bits per heavy atom. The average Bonchev–Trinajstić information content (AvgIpc) is 2.96. The Labute approximate surface area is 259 Å². The maximum Gasteiger partial charge on any atom is 0.415 e. The molecule has 0 saturated carbocycles. The van der Waals surface area contributed by atoms with Gasteiger partial charge in [-0.05, 0) is 12.1 Å². The van der Waals surface area contributed by atoms with Crippen molar-refractivity contribution in [3.05, 3.63) is 47.6 Å². The van der Waals surface area contributed by atoms with E-state index in [-0.39, 0.29) is 63.6 Å². The summed E-state index contributed by atoms with van der Waals surface area (Å²) in [4.78, 5) is 20.1. The van der Waals surface area contributed by atoms with Crippen molar-refractivity contribution in [3.63, 3.8) is 0 Å². The molecule has 44 heavy (non-hydrogen) atoms. The van der Waals surface area contributed by atoms with Crippen LogP contribution in [-0.4, -0.2) is 107 Å². The molecule has 2 aliphatic heterocycles. The zero-order valence-electron chi connectivity index (χ0n) is 25.0. The first-order valence-corrected chi connectivity index (χ1v) is 14.3. The fourth-order valence-corrected chi connectivity index (χ4v) is 4.90. The van der Waals surface area contributed by atoms with Crippen LogP contribution in [0, 0.1) is 0 Å². The van der Waals surface area contributed by atoms with Crippen LogP contribution in [0.25, 0.3) is 0 Å². The summed E-state index contributed by atoms with van der Waals surface area (Å²) < 4.78 is 101. The van der Waals surface area contributed by atoms with Gasteiger partial charge in [0.1, 0.15) is 23.9 Å². The second-order valence-electron chi connectivity index (χ2n) is 11.4. The zero-order valence-corrected chi connectivity index (χ0v) is 25.8. The first kappa shape index (κ1) is 36.3. The highest BCUT2D eigenvalue weighted by molar-refractivity contribution is 5.85. The largest absolute Gasteiger partial charge is 0.415 e. The lowest BCUT2D eigenvalue weighted by atomic mass is 10.1. The van der Waals surface area contributed by atoms with Gasteiger partial charge in [0.05, 0.1) is 24.6 Å². The van der Waals surface area contributed by atoms with Crippen molar-refractivity contribution in [2.75, 3.05) is 52.5 Å². The lowest BCUT2D eigenvalue weighted by molar-refractivity contribution is -0.292. The molecule has 248 valence electrons. The molecule has 0 aromatic carbocycles. The van der Waals surface area contributed by atoms with Crippen LogP contribution in [0.1, 0.15) is 74.8 Å². The van der Waals surface area contributed by atoms with Crippen LogP contribution in [0.3, 0.4) is 0 Å². The number of nitrogens with zero attached hydrogens (tertiary/aromatic N) is 6. The predicted octanol–water partition coefficient (Wildman–Crippen LogP) is 5.26. The molecule has 4 rings (SSSR count). The number of morpholine rings is 2. The monoisotopic (exact) mass is 656 g/mol. The quantitative estimate of drug-likeness (QED) is 0.318. The van der Waals surface area contributed by atoms with Crippen LogP contribution in [-0.2, 0) is 14.2 Å². The highest BCUT2D eigenvalue weighted by Crippen LogP contribution is 2.33. The highest BCUT2D eigenvalue weighted by atomic mass is 35.5. The smallest absolute Gasteiger partial charge is 0.369 e. The van der Waals surface area contributed by atoms with Gasteiger partial charge in [0.25, 0.3) is 0 Å². The van der Waals surface area contributed by atoms with Gasteiger partial charge in [-0.1, -0.05) is 27.7 Å². The molecule has 0 spiro atoms. The Kier molecular flexibility index (Phi) is 12.7. The van der Waals surface area contributed by atoms with Crippen molar-refractivity contribution >= 4 is 12.4 Å². The third kappa shape index (κ3) is 9.91. The van der Waals surface area contributed by atoms with E-state index < -0.39 is 49.9 Å². The fourth-order valence-electron chi connectivity index (χ4n) is 4.90. The van der Waals surface area contributed by atoms with Gasteiger partial charge in [-0.25, -0.2) is 19.9 Å². The average molecular weight is 657 g/mol. The molecule has 2 aromatic heterocycles. The van der Waals surface area contributed by atoms with Crippen molar-refractivity contribution in [1.82, 2.24) is 29.7 Å². The van der Waals surface area contributed by atoms with E-state index in [4.69, 9.17) is 14.2 Å². The van der Waals surface area contributed by atoms with E-state index in [0.717, 1.165) is 0 Å². The molecule has 2 fully saturated rings. The summed E-state index contributed by atoms with van der Waals surface area (Å²) in [6.07, 6.45) is -13.6. The minimum atomic E-state index is -5.03. The molecule has 0 aliphatic carbocycles. The van der Waals surface area contributed by atoms with Crippen LogP contribution in [0.5, 0.6) is 0 Å². The van der Waals surface area contributed by atoms with Gasteiger partial charge in [-0.2, -0.15) is 26.3 Å². The Morgan fingerprint density at radius 2 is 1.14 bits per heavy atom. The normalized spacial score (nSPS) is 22.2. The molecule has 2 saturated heterocycles. The molecule has 0 radical (unpaired) electrons. The molecule has 0 amide bonds. The molecular formula is C28H39ClF6N6O3. The number of hydrogen-bond acceptors (Lipinski definition) is 9. The molecule has 9 nitrogen and oxygen atoms in total. The Balaban J connectivity index is 0.00000529. The van der Waals surface area contributed by atoms with Gasteiger partial charge in [0.15, 0.2) is 12.2 Å².